The predicted molar refractivity (Wildman–Crippen MR) is 80.1 cm³/mol. The topological polar surface area (TPSA) is 64.2 Å². The quantitative estimate of drug-likeness (QED) is 0.709. The molecule has 0 saturated heterocycles. The molecule has 0 saturated carbocycles. The Kier molecular flexibility index (Phi) is 3.79. The van der Waals surface area contributed by atoms with E-state index >= 15 is 0 Å². The molecule has 0 unspecified atom stereocenters. The number of nitrogens with one attached hydrogen (secondary N) is 1. The maximum absolute atomic E-state index is 12.3. The van der Waals surface area contributed by atoms with Gasteiger partial charge in [0.05, 0.1) is 11.4 Å². The van der Waals surface area contributed by atoms with Crippen molar-refractivity contribution in [1.29, 1.82) is 0 Å². The first-order valence-electron chi connectivity index (χ1n) is 6.90. The SMILES string of the molecule is Cc1cc2c(=O)n(CCNCc3ccccn3)ccn2n1. The van der Waals surface area contributed by atoms with E-state index in [1.807, 2.05) is 31.3 Å². The molecular weight excluding hydrogens is 266 g/mol. The smallest absolute Gasteiger partial charge is 0.276 e. The second-order valence-electron chi connectivity index (χ2n) is 4.91. The van der Waals surface area contributed by atoms with Crippen LogP contribution in [0.1, 0.15) is 11.4 Å². The Morgan fingerprint density at radius 2 is 2.19 bits per heavy atom. The van der Waals surface area contributed by atoms with E-state index in [1.165, 1.54) is 0 Å². The number of pyridine rings is 1. The van der Waals surface area contributed by atoms with Crippen LogP contribution in [-0.4, -0.2) is 25.7 Å². The Bertz CT molecular complexity index is 791. The summed E-state index contributed by atoms with van der Waals surface area (Å²) < 4.78 is 3.32. The van der Waals surface area contributed by atoms with E-state index in [1.54, 1.807) is 27.5 Å². The highest BCUT2D eigenvalue weighted by molar-refractivity contribution is 5.44. The fourth-order valence-corrected chi connectivity index (χ4v) is 2.24. The first-order chi connectivity index (χ1) is 10.2. The monoisotopic (exact) mass is 283 g/mol. The molecule has 0 aliphatic rings. The molecule has 0 spiro atoms. The fourth-order valence-electron chi connectivity index (χ4n) is 2.24. The lowest BCUT2D eigenvalue weighted by molar-refractivity contribution is 0.578. The van der Waals surface area contributed by atoms with Gasteiger partial charge < -0.3 is 9.88 Å². The minimum atomic E-state index is -0.0160. The molecule has 21 heavy (non-hydrogen) atoms. The van der Waals surface area contributed by atoms with Gasteiger partial charge in [0, 0.05) is 38.2 Å². The number of aryl methyl sites for hydroxylation is 1. The molecule has 6 nitrogen and oxygen atoms in total. The van der Waals surface area contributed by atoms with Crippen LogP contribution in [0.2, 0.25) is 0 Å². The first kappa shape index (κ1) is 13.5. The van der Waals surface area contributed by atoms with Gasteiger partial charge in [-0.25, -0.2) is 4.52 Å². The van der Waals surface area contributed by atoms with Crippen LogP contribution in [0.3, 0.4) is 0 Å². The molecule has 0 radical (unpaired) electrons. The lowest BCUT2D eigenvalue weighted by Gasteiger charge is -2.07. The molecule has 0 amide bonds. The minimum absolute atomic E-state index is 0.0160. The number of hydrogen-bond donors (Lipinski definition) is 1. The molecular formula is C15H17N5O. The van der Waals surface area contributed by atoms with E-state index in [0.717, 1.165) is 11.4 Å². The van der Waals surface area contributed by atoms with Crippen LogP contribution in [0.15, 0.2) is 47.7 Å². The molecule has 3 rings (SSSR count). The lowest BCUT2D eigenvalue weighted by atomic mass is 10.3. The third-order valence-corrected chi connectivity index (χ3v) is 3.29. The van der Waals surface area contributed by atoms with Gasteiger partial charge in [0.2, 0.25) is 0 Å². The van der Waals surface area contributed by atoms with Gasteiger partial charge in [-0.2, -0.15) is 5.10 Å². The van der Waals surface area contributed by atoms with Crippen molar-refractivity contribution in [3.8, 4) is 0 Å². The van der Waals surface area contributed by atoms with Crippen LogP contribution in [0, 0.1) is 6.92 Å². The number of nitrogens with zero attached hydrogens (tertiary/aromatic N) is 4. The first-order valence-corrected chi connectivity index (χ1v) is 6.90. The zero-order valence-corrected chi connectivity index (χ0v) is 11.9. The van der Waals surface area contributed by atoms with Gasteiger partial charge in [-0.05, 0) is 25.1 Å². The van der Waals surface area contributed by atoms with Crippen molar-refractivity contribution in [2.45, 2.75) is 20.0 Å². The minimum Gasteiger partial charge on any atom is -0.311 e. The summed E-state index contributed by atoms with van der Waals surface area (Å²) in [6.07, 6.45) is 5.35. The number of hydrogen-bond acceptors (Lipinski definition) is 4. The molecule has 0 fully saturated rings. The molecule has 3 aromatic heterocycles. The van der Waals surface area contributed by atoms with Crippen molar-refractivity contribution in [2.24, 2.45) is 0 Å². The summed E-state index contributed by atoms with van der Waals surface area (Å²) in [7, 11) is 0. The Labute approximate surface area is 122 Å². The zero-order chi connectivity index (χ0) is 14.7. The Morgan fingerprint density at radius 3 is 3.00 bits per heavy atom. The van der Waals surface area contributed by atoms with E-state index < -0.39 is 0 Å². The fraction of sp³-hybridized carbons (Fsp3) is 0.267. The second kappa shape index (κ2) is 5.88. The molecule has 0 aliphatic carbocycles. The summed E-state index contributed by atoms with van der Waals surface area (Å²) in [5.74, 6) is 0. The van der Waals surface area contributed by atoms with E-state index in [9.17, 15) is 4.79 Å². The molecule has 6 heteroatoms. The summed E-state index contributed by atoms with van der Waals surface area (Å²) in [4.78, 5) is 16.5. The molecule has 0 bridgehead atoms. The molecule has 1 N–H and O–H groups in total. The van der Waals surface area contributed by atoms with Gasteiger partial charge in [-0.15, -0.1) is 0 Å². The third kappa shape index (κ3) is 3.00. The van der Waals surface area contributed by atoms with Crippen LogP contribution in [0.5, 0.6) is 0 Å². The van der Waals surface area contributed by atoms with Crippen molar-refractivity contribution in [1.82, 2.24) is 24.5 Å². The predicted octanol–water partition coefficient (Wildman–Crippen LogP) is 0.989. The van der Waals surface area contributed by atoms with Gasteiger partial charge in [0.1, 0.15) is 5.52 Å². The van der Waals surface area contributed by atoms with Crippen LogP contribution in [0.4, 0.5) is 0 Å². The summed E-state index contributed by atoms with van der Waals surface area (Å²) in [6.45, 7) is 3.90. The molecule has 0 aromatic carbocycles. The van der Waals surface area contributed by atoms with Gasteiger partial charge in [-0.1, -0.05) is 6.07 Å². The average molecular weight is 283 g/mol. The maximum Gasteiger partial charge on any atom is 0.276 e. The van der Waals surface area contributed by atoms with Gasteiger partial charge in [0.25, 0.3) is 5.56 Å². The highest BCUT2D eigenvalue weighted by atomic mass is 16.1. The maximum atomic E-state index is 12.3. The zero-order valence-electron chi connectivity index (χ0n) is 11.9. The Morgan fingerprint density at radius 1 is 1.29 bits per heavy atom. The van der Waals surface area contributed by atoms with Crippen molar-refractivity contribution in [3.05, 3.63) is 64.6 Å². The lowest BCUT2D eigenvalue weighted by Crippen LogP contribution is -2.27. The van der Waals surface area contributed by atoms with Gasteiger partial charge in [0.15, 0.2) is 0 Å². The van der Waals surface area contributed by atoms with Crippen molar-refractivity contribution in [2.75, 3.05) is 6.54 Å². The van der Waals surface area contributed by atoms with Crippen LogP contribution >= 0.6 is 0 Å². The summed E-state index contributed by atoms with van der Waals surface area (Å²) in [5, 5.41) is 7.52. The molecule has 3 aromatic rings. The molecule has 3 heterocycles. The Balaban J connectivity index is 1.63. The summed E-state index contributed by atoms with van der Waals surface area (Å²) in [6, 6.07) is 7.64. The van der Waals surface area contributed by atoms with Crippen molar-refractivity contribution < 1.29 is 0 Å². The molecule has 0 aliphatic heterocycles. The second-order valence-corrected chi connectivity index (χ2v) is 4.91. The largest absolute Gasteiger partial charge is 0.311 e. The summed E-state index contributed by atoms with van der Waals surface area (Å²) >= 11 is 0. The standard InChI is InChI=1S/C15H17N5O/c1-12-10-14-15(21)19(8-9-20(14)18-12)7-6-16-11-13-4-2-3-5-17-13/h2-5,8-10,16H,6-7,11H2,1H3. The van der Waals surface area contributed by atoms with Gasteiger partial charge in [-0.3, -0.25) is 9.78 Å². The van der Waals surface area contributed by atoms with E-state index in [-0.39, 0.29) is 5.56 Å². The van der Waals surface area contributed by atoms with Crippen LogP contribution in [0.25, 0.3) is 5.52 Å². The van der Waals surface area contributed by atoms with E-state index in [4.69, 9.17) is 0 Å². The third-order valence-electron chi connectivity index (χ3n) is 3.29. The Hall–Kier alpha value is -2.47. The molecule has 108 valence electrons. The highest BCUT2D eigenvalue weighted by Crippen LogP contribution is 1.99. The van der Waals surface area contributed by atoms with E-state index in [2.05, 4.69) is 15.4 Å². The van der Waals surface area contributed by atoms with Crippen LogP contribution in [-0.2, 0) is 13.1 Å². The summed E-state index contributed by atoms with van der Waals surface area (Å²) in [5.41, 5.74) is 2.43. The highest BCUT2D eigenvalue weighted by Gasteiger charge is 2.04. The number of fused-ring (bicyclic) bond motifs is 1. The van der Waals surface area contributed by atoms with Gasteiger partial charge >= 0.3 is 0 Å². The van der Waals surface area contributed by atoms with Crippen molar-refractivity contribution in [3.63, 3.8) is 0 Å². The van der Waals surface area contributed by atoms with Crippen LogP contribution < -0.4 is 10.9 Å². The van der Waals surface area contributed by atoms with E-state index in [0.29, 0.717) is 25.2 Å². The normalized spacial score (nSPS) is 11.1. The molecule has 0 atom stereocenters. The number of rotatable bonds is 5. The average Bonchev–Trinajstić information content (AvgIpc) is 2.88. The number of aromatic nitrogens is 4. The van der Waals surface area contributed by atoms with Crippen molar-refractivity contribution >= 4 is 5.52 Å².